The molecule has 1 aromatic rings. The molecule has 0 spiro atoms. The summed E-state index contributed by atoms with van der Waals surface area (Å²) in [4.78, 5) is 12.6. The Morgan fingerprint density at radius 3 is 2.67 bits per heavy atom. The zero-order chi connectivity index (χ0) is 21.9. The second kappa shape index (κ2) is 9.03. The first-order valence-corrected chi connectivity index (χ1v) is 11.4. The molecule has 166 valence electrons. The van der Waals surface area contributed by atoms with E-state index in [4.69, 9.17) is 14.2 Å². The first-order chi connectivity index (χ1) is 14.3. The predicted octanol–water partition coefficient (Wildman–Crippen LogP) is 5.98. The minimum atomic E-state index is -0.155. The largest absolute Gasteiger partial charge is 0.497 e. The van der Waals surface area contributed by atoms with Crippen molar-refractivity contribution in [3.05, 3.63) is 35.9 Å². The van der Waals surface area contributed by atoms with Gasteiger partial charge in [-0.15, -0.1) is 0 Å². The fourth-order valence-corrected chi connectivity index (χ4v) is 6.28. The SMILES string of the molecule is C=C1CCC[C@@H]2[C@@]1(CC(=O)OCC)CC[C@@H](C)[C@@]2(C)Cc1cc(OC)ccc1OC. The van der Waals surface area contributed by atoms with E-state index in [1.165, 1.54) is 11.1 Å². The monoisotopic (exact) mass is 414 g/mol. The molecule has 0 unspecified atom stereocenters. The molecule has 0 aliphatic heterocycles. The van der Waals surface area contributed by atoms with E-state index in [0.717, 1.165) is 50.0 Å². The van der Waals surface area contributed by atoms with E-state index < -0.39 is 0 Å². The molecule has 3 rings (SSSR count). The third-order valence-electron chi connectivity index (χ3n) is 8.11. The number of rotatable bonds is 7. The standard InChI is InChI=1S/C26H38O4/c1-7-30-24(27)17-26-14-13-18(2)25(4,23(26)10-8-9-19(26)3)16-20-15-21(28-5)11-12-22(20)29-6/h11-12,15,18,23H,3,7-10,13-14,16-17H2,1-2,4-6H3/t18-,23+,25-,26-/m1/s1. The Balaban J connectivity index is 2.02. The molecule has 0 N–H and O–H groups in total. The number of esters is 1. The lowest BCUT2D eigenvalue weighted by Crippen LogP contribution is -2.53. The van der Waals surface area contributed by atoms with Crippen LogP contribution in [-0.4, -0.2) is 26.8 Å². The Labute approximate surface area is 182 Å². The summed E-state index contributed by atoms with van der Waals surface area (Å²) in [6.07, 6.45) is 6.78. The Hall–Kier alpha value is -1.97. The summed E-state index contributed by atoms with van der Waals surface area (Å²) in [6, 6.07) is 6.05. The Morgan fingerprint density at radius 2 is 2.00 bits per heavy atom. The molecule has 1 aromatic carbocycles. The second-order valence-corrected chi connectivity index (χ2v) is 9.49. The van der Waals surface area contributed by atoms with Gasteiger partial charge in [0.1, 0.15) is 11.5 Å². The number of allylic oxidation sites excluding steroid dienone is 1. The maximum Gasteiger partial charge on any atom is 0.306 e. The van der Waals surface area contributed by atoms with Crippen molar-refractivity contribution in [1.29, 1.82) is 0 Å². The highest BCUT2D eigenvalue weighted by Gasteiger charge is 2.57. The van der Waals surface area contributed by atoms with E-state index >= 15 is 0 Å². The van der Waals surface area contributed by atoms with E-state index in [-0.39, 0.29) is 16.8 Å². The maximum atomic E-state index is 12.6. The summed E-state index contributed by atoms with van der Waals surface area (Å²) in [7, 11) is 3.43. The number of hydrogen-bond acceptors (Lipinski definition) is 4. The Bertz CT molecular complexity index is 785. The summed E-state index contributed by atoms with van der Waals surface area (Å²) in [5.41, 5.74) is 2.31. The van der Waals surface area contributed by atoms with Gasteiger partial charge >= 0.3 is 5.97 Å². The van der Waals surface area contributed by atoms with Crippen LogP contribution in [0.1, 0.15) is 64.9 Å². The molecule has 4 atom stereocenters. The quantitative estimate of drug-likeness (QED) is 0.407. The van der Waals surface area contributed by atoms with Crippen molar-refractivity contribution in [2.45, 2.75) is 65.7 Å². The van der Waals surface area contributed by atoms with Crippen molar-refractivity contribution in [2.24, 2.45) is 22.7 Å². The van der Waals surface area contributed by atoms with Crippen LogP contribution in [0.2, 0.25) is 0 Å². The van der Waals surface area contributed by atoms with E-state index in [9.17, 15) is 4.79 Å². The lowest BCUT2D eigenvalue weighted by molar-refractivity contribution is -0.151. The number of hydrogen-bond donors (Lipinski definition) is 0. The highest BCUT2D eigenvalue weighted by Crippen LogP contribution is 2.64. The van der Waals surface area contributed by atoms with Crippen LogP contribution in [0.3, 0.4) is 0 Å². The zero-order valence-electron chi connectivity index (χ0n) is 19.4. The van der Waals surface area contributed by atoms with Gasteiger partial charge in [-0.2, -0.15) is 0 Å². The molecule has 4 nitrogen and oxygen atoms in total. The molecule has 0 radical (unpaired) electrons. The summed E-state index contributed by atoms with van der Waals surface area (Å²) in [6.45, 7) is 11.6. The highest BCUT2D eigenvalue weighted by molar-refractivity contribution is 5.71. The van der Waals surface area contributed by atoms with Gasteiger partial charge in [-0.1, -0.05) is 26.0 Å². The van der Waals surface area contributed by atoms with Gasteiger partial charge in [0, 0.05) is 5.41 Å². The molecular weight excluding hydrogens is 376 g/mol. The summed E-state index contributed by atoms with van der Waals surface area (Å²) in [5, 5.41) is 0. The Morgan fingerprint density at radius 1 is 1.23 bits per heavy atom. The number of carbonyl (C=O) groups is 1. The van der Waals surface area contributed by atoms with Crippen LogP contribution in [-0.2, 0) is 16.0 Å². The Kier molecular flexibility index (Phi) is 6.84. The topological polar surface area (TPSA) is 44.8 Å². The smallest absolute Gasteiger partial charge is 0.306 e. The van der Waals surface area contributed by atoms with Crippen LogP contribution >= 0.6 is 0 Å². The van der Waals surface area contributed by atoms with Gasteiger partial charge in [0.25, 0.3) is 0 Å². The lowest BCUT2D eigenvalue weighted by Gasteiger charge is -2.59. The minimum absolute atomic E-state index is 0.0355. The van der Waals surface area contributed by atoms with E-state index in [1.807, 2.05) is 19.1 Å². The molecule has 2 aliphatic carbocycles. The number of benzene rings is 1. The van der Waals surface area contributed by atoms with Gasteiger partial charge in [-0.05, 0) is 86.5 Å². The molecule has 2 fully saturated rings. The van der Waals surface area contributed by atoms with E-state index in [0.29, 0.717) is 24.9 Å². The molecule has 2 saturated carbocycles. The molecular formula is C26H38O4. The molecule has 0 amide bonds. The van der Waals surface area contributed by atoms with Crippen molar-refractivity contribution in [3.63, 3.8) is 0 Å². The molecule has 4 heteroatoms. The molecule has 0 heterocycles. The molecule has 30 heavy (non-hydrogen) atoms. The number of fused-ring (bicyclic) bond motifs is 1. The van der Waals surface area contributed by atoms with Gasteiger partial charge in [0.15, 0.2) is 0 Å². The average Bonchev–Trinajstić information content (AvgIpc) is 2.72. The summed E-state index contributed by atoms with van der Waals surface area (Å²) in [5.74, 6) is 2.61. The van der Waals surface area contributed by atoms with Crippen LogP contribution in [0, 0.1) is 22.7 Å². The van der Waals surface area contributed by atoms with Crippen molar-refractivity contribution < 1.29 is 19.0 Å². The lowest BCUT2D eigenvalue weighted by atomic mass is 9.44. The third-order valence-corrected chi connectivity index (χ3v) is 8.11. The molecule has 0 saturated heterocycles. The van der Waals surface area contributed by atoms with Crippen LogP contribution in [0.4, 0.5) is 0 Å². The summed E-state index contributed by atoms with van der Waals surface area (Å²) >= 11 is 0. The maximum absolute atomic E-state index is 12.6. The van der Waals surface area contributed by atoms with Gasteiger partial charge in [-0.25, -0.2) is 0 Å². The van der Waals surface area contributed by atoms with Crippen molar-refractivity contribution in [3.8, 4) is 11.5 Å². The molecule has 2 aliphatic rings. The zero-order valence-corrected chi connectivity index (χ0v) is 19.4. The molecule has 0 bridgehead atoms. The average molecular weight is 415 g/mol. The number of ether oxygens (including phenoxy) is 3. The van der Waals surface area contributed by atoms with Gasteiger partial charge in [0.05, 0.1) is 27.2 Å². The van der Waals surface area contributed by atoms with Crippen LogP contribution in [0.5, 0.6) is 11.5 Å². The third kappa shape index (κ3) is 3.98. The first kappa shape index (κ1) is 22.7. The van der Waals surface area contributed by atoms with Gasteiger partial charge in [-0.3, -0.25) is 4.79 Å². The van der Waals surface area contributed by atoms with Gasteiger partial charge < -0.3 is 14.2 Å². The first-order valence-electron chi connectivity index (χ1n) is 11.4. The molecule has 0 aromatic heterocycles. The van der Waals surface area contributed by atoms with Gasteiger partial charge in [0.2, 0.25) is 0 Å². The second-order valence-electron chi connectivity index (χ2n) is 9.49. The fourth-order valence-electron chi connectivity index (χ4n) is 6.28. The number of methoxy groups -OCH3 is 2. The highest BCUT2D eigenvalue weighted by atomic mass is 16.5. The van der Waals surface area contributed by atoms with Crippen LogP contribution in [0.15, 0.2) is 30.4 Å². The number of carbonyl (C=O) groups excluding carboxylic acids is 1. The van der Waals surface area contributed by atoms with Crippen LogP contribution < -0.4 is 9.47 Å². The minimum Gasteiger partial charge on any atom is -0.497 e. The summed E-state index contributed by atoms with van der Waals surface area (Å²) < 4.78 is 16.6. The predicted molar refractivity (Wildman–Crippen MR) is 120 cm³/mol. The van der Waals surface area contributed by atoms with E-state index in [1.54, 1.807) is 14.2 Å². The van der Waals surface area contributed by atoms with Crippen molar-refractivity contribution >= 4 is 5.97 Å². The van der Waals surface area contributed by atoms with E-state index in [2.05, 4.69) is 26.5 Å². The van der Waals surface area contributed by atoms with Crippen LogP contribution in [0.25, 0.3) is 0 Å². The van der Waals surface area contributed by atoms with Crippen molar-refractivity contribution in [1.82, 2.24) is 0 Å². The fraction of sp³-hybridized carbons (Fsp3) is 0.654. The normalized spacial score (nSPS) is 31.0. The van der Waals surface area contributed by atoms with Crippen molar-refractivity contribution in [2.75, 3.05) is 20.8 Å².